The summed E-state index contributed by atoms with van der Waals surface area (Å²) >= 11 is 0. The molecule has 0 bridgehead atoms. The Morgan fingerprint density at radius 2 is 1.40 bits per heavy atom. The maximum absolute atomic E-state index is 13.7. The van der Waals surface area contributed by atoms with E-state index in [0.29, 0.717) is 18.5 Å². The van der Waals surface area contributed by atoms with Crippen molar-refractivity contribution in [3.63, 3.8) is 0 Å². The van der Waals surface area contributed by atoms with Crippen molar-refractivity contribution < 1.29 is 22.0 Å². The van der Waals surface area contributed by atoms with Crippen LogP contribution in [0.5, 0.6) is 0 Å². The van der Waals surface area contributed by atoms with E-state index >= 15 is 0 Å². The zero-order valence-electron chi connectivity index (χ0n) is 11.5. The lowest BCUT2D eigenvalue weighted by Gasteiger charge is -2.18. The standard InChI is InChI=1S/C14H16F5N/c1-4-5-20-8(6-7(2)3)9-10(15)12(17)14(19)13(18)11(9)16/h6,8,20H,4-5H2,1-3H3. The fraction of sp³-hybridized carbons (Fsp3) is 0.429. The van der Waals surface area contributed by atoms with Crippen LogP contribution < -0.4 is 5.32 Å². The molecule has 20 heavy (non-hydrogen) atoms. The van der Waals surface area contributed by atoms with Gasteiger partial charge in [0.15, 0.2) is 23.3 Å². The lowest BCUT2D eigenvalue weighted by molar-refractivity contribution is 0.363. The van der Waals surface area contributed by atoms with Gasteiger partial charge in [0.2, 0.25) is 5.82 Å². The van der Waals surface area contributed by atoms with Crippen LogP contribution in [0, 0.1) is 29.1 Å². The minimum absolute atomic E-state index is 0.383. The first kappa shape index (κ1) is 16.6. The van der Waals surface area contributed by atoms with Crippen molar-refractivity contribution in [2.45, 2.75) is 33.2 Å². The van der Waals surface area contributed by atoms with Gasteiger partial charge in [-0.3, -0.25) is 0 Å². The summed E-state index contributed by atoms with van der Waals surface area (Å²) in [6, 6.07) is -1.07. The lowest BCUT2D eigenvalue weighted by Crippen LogP contribution is -2.24. The largest absolute Gasteiger partial charge is 0.307 e. The van der Waals surface area contributed by atoms with Gasteiger partial charge >= 0.3 is 0 Å². The smallest absolute Gasteiger partial charge is 0.200 e. The van der Waals surface area contributed by atoms with Gasteiger partial charge in [-0.2, -0.15) is 0 Å². The molecule has 1 aromatic rings. The second kappa shape index (κ2) is 6.83. The van der Waals surface area contributed by atoms with Gasteiger partial charge in [-0.25, -0.2) is 22.0 Å². The molecule has 0 heterocycles. The minimum Gasteiger partial charge on any atom is -0.307 e. The zero-order chi connectivity index (χ0) is 15.4. The summed E-state index contributed by atoms with van der Waals surface area (Å²) in [6.07, 6.45) is 2.08. The Morgan fingerprint density at radius 1 is 0.950 bits per heavy atom. The minimum atomic E-state index is -2.14. The normalized spacial score (nSPS) is 12.4. The molecule has 0 aliphatic rings. The van der Waals surface area contributed by atoms with Crippen molar-refractivity contribution in [1.29, 1.82) is 0 Å². The molecule has 0 aliphatic carbocycles. The van der Waals surface area contributed by atoms with E-state index in [1.165, 1.54) is 6.08 Å². The van der Waals surface area contributed by atoms with E-state index in [-0.39, 0.29) is 0 Å². The molecule has 0 radical (unpaired) electrons. The van der Waals surface area contributed by atoms with E-state index in [1.54, 1.807) is 13.8 Å². The second-order valence-corrected chi connectivity index (χ2v) is 4.66. The monoisotopic (exact) mass is 293 g/mol. The van der Waals surface area contributed by atoms with Crippen LogP contribution in [-0.2, 0) is 0 Å². The molecule has 1 atom stereocenters. The highest BCUT2D eigenvalue weighted by molar-refractivity contribution is 5.30. The number of hydrogen-bond donors (Lipinski definition) is 1. The molecule has 1 unspecified atom stereocenters. The number of benzene rings is 1. The van der Waals surface area contributed by atoms with Gasteiger partial charge < -0.3 is 5.32 Å². The van der Waals surface area contributed by atoms with Gasteiger partial charge in [-0.15, -0.1) is 0 Å². The van der Waals surface area contributed by atoms with Crippen molar-refractivity contribution >= 4 is 0 Å². The Bertz CT molecular complexity index is 492. The van der Waals surface area contributed by atoms with Gasteiger partial charge in [-0.05, 0) is 26.8 Å². The SMILES string of the molecule is CCCNC(C=C(C)C)c1c(F)c(F)c(F)c(F)c1F. The Balaban J connectivity index is 3.43. The molecule has 1 nitrogen and oxygen atoms in total. The summed E-state index contributed by atoms with van der Waals surface area (Å²) in [4.78, 5) is 0. The van der Waals surface area contributed by atoms with Crippen molar-refractivity contribution in [1.82, 2.24) is 5.32 Å². The summed E-state index contributed by atoms with van der Waals surface area (Å²) in [7, 11) is 0. The maximum atomic E-state index is 13.7. The molecule has 1 aromatic carbocycles. The van der Waals surface area contributed by atoms with Crippen molar-refractivity contribution in [2.75, 3.05) is 6.54 Å². The highest BCUT2D eigenvalue weighted by Gasteiger charge is 2.29. The summed E-state index contributed by atoms with van der Waals surface area (Å²) < 4.78 is 66.9. The van der Waals surface area contributed by atoms with Gasteiger partial charge in [-0.1, -0.05) is 18.6 Å². The molecule has 0 aliphatic heterocycles. The van der Waals surface area contributed by atoms with Crippen LogP contribution in [0.15, 0.2) is 11.6 Å². The van der Waals surface area contributed by atoms with Gasteiger partial charge in [0.05, 0.1) is 11.6 Å². The van der Waals surface area contributed by atoms with Crippen LogP contribution in [0.4, 0.5) is 22.0 Å². The molecule has 0 saturated carbocycles. The van der Waals surface area contributed by atoms with Gasteiger partial charge in [0.1, 0.15) is 0 Å². The summed E-state index contributed by atoms with van der Waals surface area (Å²) in [5, 5.41) is 2.76. The van der Waals surface area contributed by atoms with E-state index in [1.807, 2.05) is 6.92 Å². The quantitative estimate of drug-likeness (QED) is 0.367. The second-order valence-electron chi connectivity index (χ2n) is 4.66. The predicted molar refractivity (Wildman–Crippen MR) is 66.7 cm³/mol. The molecular weight excluding hydrogens is 277 g/mol. The third-order valence-electron chi connectivity index (χ3n) is 2.67. The molecule has 0 aromatic heterocycles. The summed E-state index contributed by atoms with van der Waals surface area (Å²) in [5.74, 6) is -9.59. The summed E-state index contributed by atoms with van der Waals surface area (Å²) in [6.45, 7) is 5.55. The van der Waals surface area contributed by atoms with Crippen molar-refractivity contribution in [3.8, 4) is 0 Å². The van der Waals surface area contributed by atoms with Crippen LogP contribution in [0.3, 0.4) is 0 Å². The first-order valence-electron chi connectivity index (χ1n) is 6.20. The molecule has 1 N–H and O–H groups in total. The number of hydrogen-bond acceptors (Lipinski definition) is 1. The molecule has 112 valence electrons. The topological polar surface area (TPSA) is 12.0 Å². The highest BCUT2D eigenvalue weighted by atomic mass is 19.2. The predicted octanol–water partition coefficient (Wildman–Crippen LogP) is 4.39. The fourth-order valence-corrected chi connectivity index (χ4v) is 1.77. The Morgan fingerprint density at radius 3 is 1.80 bits per heavy atom. The number of rotatable bonds is 5. The lowest BCUT2D eigenvalue weighted by atomic mass is 10.0. The van der Waals surface area contributed by atoms with E-state index in [9.17, 15) is 22.0 Å². The van der Waals surface area contributed by atoms with Crippen LogP contribution in [0.2, 0.25) is 0 Å². The third-order valence-corrected chi connectivity index (χ3v) is 2.67. The molecule has 0 spiro atoms. The fourth-order valence-electron chi connectivity index (χ4n) is 1.77. The van der Waals surface area contributed by atoms with Crippen molar-refractivity contribution in [2.24, 2.45) is 0 Å². The Labute approximate surface area is 114 Å². The van der Waals surface area contributed by atoms with E-state index < -0.39 is 40.7 Å². The number of halogens is 5. The Kier molecular flexibility index (Phi) is 5.68. The van der Waals surface area contributed by atoms with E-state index in [4.69, 9.17) is 0 Å². The molecule has 6 heteroatoms. The summed E-state index contributed by atoms with van der Waals surface area (Å²) in [5.41, 5.74) is -0.154. The zero-order valence-corrected chi connectivity index (χ0v) is 11.5. The van der Waals surface area contributed by atoms with E-state index in [2.05, 4.69) is 5.32 Å². The average molecular weight is 293 g/mol. The van der Waals surface area contributed by atoms with Crippen LogP contribution >= 0.6 is 0 Å². The third kappa shape index (κ3) is 3.36. The molecule has 0 fully saturated rings. The van der Waals surface area contributed by atoms with E-state index in [0.717, 1.165) is 0 Å². The Hall–Kier alpha value is -1.43. The first-order valence-corrected chi connectivity index (χ1v) is 6.20. The van der Waals surface area contributed by atoms with Gasteiger partial charge in [0.25, 0.3) is 0 Å². The van der Waals surface area contributed by atoms with Gasteiger partial charge in [0, 0.05) is 0 Å². The maximum Gasteiger partial charge on any atom is 0.200 e. The number of allylic oxidation sites excluding steroid dienone is 1. The average Bonchev–Trinajstić information content (AvgIpc) is 2.39. The number of nitrogens with one attached hydrogen (secondary N) is 1. The van der Waals surface area contributed by atoms with Crippen LogP contribution in [-0.4, -0.2) is 6.54 Å². The first-order chi connectivity index (χ1) is 9.31. The van der Waals surface area contributed by atoms with Crippen LogP contribution in [0.25, 0.3) is 0 Å². The molecule has 1 rings (SSSR count). The van der Waals surface area contributed by atoms with Crippen LogP contribution in [0.1, 0.15) is 38.8 Å². The van der Waals surface area contributed by atoms with Crippen molar-refractivity contribution in [3.05, 3.63) is 46.3 Å². The molecule has 0 saturated heterocycles. The molecular formula is C14H16F5N. The molecule has 0 amide bonds. The highest BCUT2D eigenvalue weighted by Crippen LogP contribution is 2.29.